The van der Waals surface area contributed by atoms with Gasteiger partial charge in [0.25, 0.3) is 0 Å². The number of aryl methyl sites for hydroxylation is 1. The molecular weight excluding hydrogens is 436 g/mol. The number of thioether (sulfide) groups is 1. The molecule has 0 fully saturated rings. The summed E-state index contributed by atoms with van der Waals surface area (Å²) in [5.74, 6) is 2.34. The second-order valence-corrected chi connectivity index (χ2v) is 8.35. The second-order valence-electron chi connectivity index (χ2n) is 7.41. The highest BCUT2D eigenvalue weighted by Gasteiger charge is 2.15. The minimum atomic E-state index is -0.122. The second kappa shape index (κ2) is 10.4. The first kappa shape index (κ1) is 22.7. The van der Waals surface area contributed by atoms with Gasteiger partial charge in [-0.2, -0.15) is 0 Å². The highest BCUT2D eigenvalue weighted by molar-refractivity contribution is 7.99. The minimum Gasteiger partial charge on any atom is -0.497 e. The van der Waals surface area contributed by atoms with Gasteiger partial charge in [0, 0.05) is 18.3 Å². The van der Waals surface area contributed by atoms with Crippen LogP contribution >= 0.6 is 11.8 Å². The van der Waals surface area contributed by atoms with Gasteiger partial charge in [-0.15, -0.1) is 10.2 Å². The summed E-state index contributed by atoms with van der Waals surface area (Å²) in [6, 6.07) is 19.6. The van der Waals surface area contributed by atoms with Crippen LogP contribution in [-0.2, 0) is 17.9 Å². The maximum Gasteiger partial charge on any atom is 0.234 e. The molecule has 0 unspecified atom stereocenters. The number of nitrogens with one attached hydrogen (secondary N) is 1. The number of carbonyl (C=O) groups is 1. The van der Waals surface area contributed by atoms with E-state index >= 15 is 0 Å². The number of fused-ring (bicyclic) bond motifs is 1. The fourth-order valence-corrected chi connectivity index (χ4v) is 4.41. The number of amides is 1. The number of hydrogen-bond donors (Lipinski definition) is 1. The summed E-state index contributed by atoms with van der Waals surface area (Å²) in [7, 11) is 1.59. The van der Waals surface area contributed by atoms with E-state index < -0.39 is 0 Å². The molecule has 1 amide bonds. The molecule has 0 aliphatic carbocycles. The van der Waals surface area contributed by atoms with E-state index in [1.54, 1.807) is 13.2 Å². The monoisotopic (exact) mass is 462 g/mol. The van der Waals surface area contributed by atoms with Crippen LogP contribution < -0.4 is 14.8 Å². The maximum absolute atomic E-state index is 12.4. The van der Waals surface area contributed by atoms with Crippen molar-refractivity contribution >= 4 is 34.1 Å². The fraction of sp³-hybridized carbons (Fsp3) is 0.240. The van der Waals surface area contributed by atoms with E-state index in [0.717, 1.165) is 17.1 Å². The number of ether oxygens (including phenoxy) is 2. The molecule has 3 aromatic carbocycles. The standard InChI is InChI=1S/C25H26N4O3S/c1-4-29-23(15-32-22-13-12-18-8-5-6-11-21(18)17(22)2)27-28-25(29)33-16-24(30)26-19-9-7-10-20(14-19)31-3/h5-14H,4,15-16H2,1-3H3,(H,26,30). The quantitative estimate of drug-likeness (QED) is 0.350. The number of rotatable bonds is 9. The Balaban J connectivity index is 1.39. The van der Waals surface area contributed by atoms with Crippen LogP contribution in [-0.4, -0.2) is 33.5 Å². The van der Waals surface area contributed by atoms with Crippen LogP contribution in [0.5, 0.6) is 11.5 Å². The normalized spacial score (nSPS) is 10.9. The van der Waals surface area contributed by atoms with Gasteiger partial charge in [0.05, 0.1) is 12.9 Å². The van der Waals surface area contributed by atoms with Crippen molar-refractivity contribution in [3.05, 3.63) is 72.1 Å². The lowest BCUT2D eigenvalue weighted by molar-refractivity contribution is -0.113. The summed E-state index contributed by atoms with van der Waals surface area (Å²) in [5, 5.41) is 14.5. The van der Waals surface area contributed by atoms with Crippen LogP contribution in [0.1, 0.15) is 18.3 Å². The lowest BCUT2D eigenvalue weighted by atomic mass is 10.0. The molecule has 170 valence electrons. The third-order valence-electron chi connectivity index (χ3n) is 5.30. The van der Waals surface area contributed by atoms with E-state index in [-0.39, 0.29) is 11.7 Å². The number of methoxy groups -OCH3 is 1. The maximum atomic E-state index is 12.4. The van der Waals surface area contributed by atoms with Gasteiger partial charge in [0.2, 0.25) is 5.91 Å². The fourth-order valence-electron chi connectivity index (χ4n) is 3.58. The van der Waals surface area contributed by atoms with E-state index in [9.17, 15) is 4.79 Å². The Morgan fingerprint density at radius 2 is 1.94 bits per heavy atom. The van der Waals surface area contributed by atoms with Gasteiger partial charge in [-0.1, -0.05) is 48.2 Å². The molecule has 4 aromatic rings. The first-order valence-electron chi connectivity index (χ1n) is 10.7. The van der Waals surface area contributed by atoms with Crippen molar-refractivity contribution in [2.45, 2.75) is 32.2 Å². The van der Waals surface area contributed by atoms with Crippen LogP contribution in [0.15, 0.2) is 65.8 Å². The number of carbonyl (C=O) groups excluding carboxylic acids is 1. The van der Waals surface area contributed by atoms with E-state index in [1.165, 1.54) is 22.5 Å². The van der Waals surface area contributed by atoms with Crippen molar-refractivity contribution in [3.63, 3.8) is 0 Å². The Morgan fingerprint density at radius 3 is 2.76 bits per heavy atom. The topological polar surface area (TPSA) is 78.3 Å². The number of benzene rings is 3. The van der Waals surface area contributed by atoms with Gasteiger partial charge in [-0.25, -0.2) is 0 Å². The molecule has 4 rings (SSSR count). The van der Waals surface area contributed by atoms with E-state index in [2.05, 4.69) is 40.6 Å². The molecule has 33 heavy (non-hydrogen) atoms. The zero-order valence-corrected chi connectivity index (χ0v) is 19.7. The Morgan fingerprint density at radius 1 is 1.09 bits per heavy atom. The third-order valence-corrected chi connectivity index (χ3v) is 6.27. The molecule has 1 N–H and O–H groups in total. The Hall–Kier alpha value is -3.52. The number of nitrogens with zero attached hydrogens (tertiary/aromatic N) is 3. The van der Waals surface area contributed by atoms with Crippen molar-refractivity contribution in [2.24, 2.45) is 0 Å². The molecule has 8 heteroatoms. The molecule has 0 saturated heterocycles. The van der Waals surface area contributed by atoms with Crippen molar-refractivity contribution < 1.29 is 14.3 Å². The van der Waals surface area contributed by atoms with Crippen LogP contribution in [0.3, 0.4) is 0 Å². The Bertz CT molecular complexity index is 1270. The first-order chi connectivity index (χ1) is 16.1. The van der Waals surface area contributed by atoms with Gasteiger partial charge in [-0.05, 0) is 48.4 Å². The van der Waals surface area contributed by atoms with E-state index in [0.29, 0.717) is 29.7 Å². The molecule has 7 nitrogen and oxygen atoms in total. The molecule has 0 spiro atoms. The van der Waals surface area contributed by atoms with Crippen molar-refractivity contribution in [2.75, 3.05) is 18.2 Å². The summed E-state index contributed by atoms with van der Waals surface area (Å²) < 4.78 is 13.3. The molecule has 0 atom stereocenters. The molecule has 0 radical (unpaired) electrons. The van der Waals surface area contributed by atoms with Crippen LogP contribution in [0.4, 0.5) is 5.69 Å². The van der Waals surface area contributed by atoms with E-state index in [1.807, 2.05) is 47.9 Å². The van der Waals surface area contributed by atoms with Crippen molar-refractivity contribution in [1.82, 2.24) is 14.8 Å². The smallest absolute Gasteiger partial charge is 0.234 e. The molecule has 0 aliphatic rings. The van der Waals surface area contributed by atoms with E-state index in [4.69, 9.17) is 9.47 Å². The molecule has 0 bridgehead atoms. The summed E-state index contributed by atoms with van der Waals surface area (Å²) in [5.41, 5.74) is 1.79. The summed E-state index contributed by atoms with van der Waals surface area (Å²) in [4.78, 5) is 12.4. The zero-order chi connectivity index (χ0) is 23.2. The Labute approximate surface area is 197 Å². The highest BCUT2D eigenvalue weighted by atomic mass is 32.2. The molecule has 0 saturated carbocycles. The highest BCUT2D eigenvalue weighted by Crippen LogP contribution is 2.28. The Kier molecular flexibility index (Phi) is 7.14. The van der Waals surface area contributed by atoms with Gasteiger partial charge in [0.15, 0.2) is 11.0 Å². The zero-order valence-electron chi connectivity index (χ0n) is 18.9. The molecule has 1 heterocycles. The van der Waals surface area contributed by atoms with Crippen LogP contribution in [0.25, 0.3) is 10.8 Å². The summed E-state index contributed by atoms with van der Waals surface area (Å²) in [6.45, 7) is 5.07. The minimum absolute atomic E-state index is 0.122. The lowest BCUT2D eigenvalue weighted by Crippen LogP contribution is -2.15. The van der Waals surface area contributed by atoms with Crippen molar-refractivity contribution in [1.29, 1.82) is 0 Å². The van der Waals surface area contributed by atoms with Gasteiger partial charge < -0.3 is 19.4 Å². The average Bonchev–Trinajstić information content (AvgIpc) is 3.24. The number of anilines is 1. The van der Waals surface area contributed by atoms with Gasteiger partial charge in [0.1, 0.15) is 18.1 Å². The molecule has 0 aliphatic heterocycles. The van der Waals surface area contributed by atoms with Crippen LogP contribution in [0, 0.1) is 6.92 Å². The third kappa shape index (κ3) is 5.28. The SMILES string of the molecule is CCn1c(COc2ccc3ccccc3c2C)nnc1SCC(=O)Nc1cccc(OC)c1. The number of hydrogen-bond acceptors (Lipinski definition) is 6. The summed E-state index contributed by atoms with van der Waals surface area (Å²) >= 11 is 1.35. The van der Waals surface area contributed by atoms with Gasteiger partial charge in [-0.3, -0.25) is 4.79 Å². The average molecular weight is 463 g/mol. The lowest BCUT2D eigenvalue weighted by Gasteiger charge is -2.12. The van der Waals surface area contributed by atoms with Crippen LogP contribution in [0.2, 0.25) is 0 Å². The predicted molar refractivity (Wildman–Crippen MR) is 131 cm³/mol. The molecule has 1 aromatic heterocycles. The largest absolute Gasteiger partial charge is 0.497 e. The number of aromatic nitrogens is 3. The summed E-state index contributed by atoms with van der Waals surface area (Å²) in [6.07, 6.45) is 0. The molecular formula is C25H26N4O3S. The predicted octanol–water partition coefficient (Wildman–Crippen LogP) is 5.08. The van der Waals surface area contributed by atoms with Gasteiger partial charge >= 0.3 is 0 Å². The van der Waals surface area contributed by atoms with Crippen molar-refractivity contribution in [3.8, 4) is 11.5 Å². The first-order valence-corrected chi connectivity index (χ1v) is 11.7.